The van der Waals surface area contributed by atoms with E-state index >= 15 is 0 Å². The summed E-state index contributed by atoms with van der Waals surface area (Å²) in [6.45, 7) is 5.01. The molecule has 0 radical (unpaired) electrons. The van der Waals surface area contributed by atoms with Gasteiger partial charge in [-0.15, -0.1) is 0 Å². The van der Waals surface area contributed by atoms with E-state index in [0.29, 0.717) is 38.5 Å². The van der Waals surface area contributed by atoms with Crippen molar-refractivity contribution in [1.29, 1.82) is 0 Å². The van der Waals surface area contributed by atoms with Gasteiger partial charge in [-0.1, -0.05) is 18.2 Å². The van der Waals surface area contributed by atoms with Gasteiger partial charge >= 0.3 is 0 Å². The first kappa shape index (κ1) is 19.6. The molecule has 0 saturated carbocycles. The fourth-order valence-electron chi connectivity index (χ4n) is 4.04. The Hall–Kier alpha value is -2.67. The van der Waals surface area contributed by atoms with Crippen LogP contribution in [0.15, 0.2) is 42.5 Å². The topological polar surface area (TPSA) is 44.8 Å². The van der Waals surface area contributed by atoms with Gasteiger partial charge in [0.15, 0.2) is 0 Å². The zero-order valence-electron chi connectivity index (χ0n) is 16.4. The molecule has 0 aromatic heterocycles. The van der Waals surface area contributed by atoms with Crippen molar-refractivity contribution in [2.24, 2.45) is 0 Å². The third kappa shape index (κ3) is 4.34. The highest BCUT2D eigenvalue weighted by atomic mass is 19.1. The molecule has 2 heterocycles. The molecular weight excluding hydrogens is 376 g/mol. The maximum absolute atomic E-state index is 13.5. The molecule has 0 unspecified atom stereocenters. The first-order chi connectivity index (χ1) is 14.0. The van der Waals surface area contributed by atoms with Gasteiger partial charge in [-0.3, -0.25) is 9.69 Å². The lowest BCUT2D eigenvalue weighted by atomic mass is 10.00. The second-order valence-corrected chi connectivity index (χ2v) is 7.56. The van der Waals surface area contributed by atoms with Gasteiger partial charge in [0, 0.05) is 49.9 Å². The van der Waals surface area contributed by atoms with Gasteiger partial charge in [-0.25, -0.2) is 8.78 Å². The summed E-state index contributed by atoms with van der Waals surface area (Å²) in [6.07, 6.45) is 0.744. The lowest BCUT2D eigenvalue weighted by Gasteiger charge is -2.39. The summed E-state index contributed by atoms with van der Waals surface area (Å²) >= 11 is 0. The van der Waals surface area contributed by atoms with Gasteiger partial charge in [0.1, 0.15) is 17.4 Å². The van der Waals surface area contributed by atoms with Crippen LogP contribution in [0, 0.1) is 11.6 Å². The van der Waals surface area contributed by atoms with Gasteiger partial charge in [0.05, 0.1) is 18.7 Å². The van der Waals surface area contributed by atoms with Crippen molar-refractivity contribution in [3.05, 3.63) is 59.7 Å². The molecule has 0 aliphatic carbocycles. The molecule has 154 valence electrons. The maximum Gasteiger partial charge on any atom is 0.237 e. The molecule has 2 aliphatic heterocycles. The Bertz CT molecular complexity index is 864. The molecule has 2 aromatic carbocycles. The van der Waals surface area contributed by atoms with Crippen LogP contribution in [0.4, 0.5) is 14.5 Å². The number of benzene rings is 2. The normalized spacial score (nSPS) is 20.5. The Kier molecular flexibility index (Phi) is 5.67. The van der Waals surface area contributed by atoms with E-state index in [0.717, 1.165) is 23.8 Å². The fourth-order valence-corrected chi connectivity index (χ4v) is 4.04. The minimum absolute atomic E-state index is 0.0167. The largest absolute Gasteiger partial charge is 0.493 e. The molecule has 2 aromatic rings. The van der Waals surface area contributed by atoms with E-state index in [4.69, 9.17) is 4.74 Å². The number of para-hydroxylation sites is 1. The van der Waals surface area contributed by atoms with Crippen molar-refractivity contribution in [2.75, 3.05) is 37.7 Å². The number of rotatable bonds is 4. The molecule has 4 rings (SSSR count). The Balaban J connectivity index is 1.35. The van der Waals surface area contributed by atoms with E-state index in [2.05, 4.69) is 10.2 Å². The van der Waals surface area contributed by atoms with Crippen molar-refractivity contribution in [1.82, 2.24) is 10.2 Å². The predicted molar refractivity (Wildman–Crippen MR) is 107 cm³/mol. The lowest BCUT2D eigenvalue weighted by molar-refractivity contribution is -0.127. The number of ether oxygens (including phenoxy) is 1. The van der Waals surface area contributed by atoms with Crippen LogP contribution < -0.4 is 15.0 Å². The molecule has 1 saturated heterocycles. The third-order valence-electron chi connectivity index (χ3n) is 5.73. The maximum atomic E-state index is 13.5. The molecular formula is C22H25F2N3O2. The molecule has 1 amide bonds. The highest BCUT2D eigenvalue weighted by Crippen LogP contribution is 2.31. The second-order valence-electron chi connectivity index (χ2n) is 7.56. The van der Waals surface area contributed by atoms with Crippen LogP contribution in [0.3, 0.4) is 0 Å². The monoisotopic (exact) mass is 401 g/mol. The summed E-state index contributed by atoms with van der Waals surface area (Å²) in [5, 5.41) is 3.16. The van der Waals surface area contributed by atoms with Gasteiger partial charge < -0.3 is 15.0 Å². The molecule has 1 N–H and O–H groups in total. The molecule has 5 nitrogen and oxygen atoms in total. The zero-order chi connectivity index (χ0) is 20.4. The number of amides is 1. The van der Waals surface area contributed by atoms with Crippen LogP contribution in [-0.2, 0) is 4.79 Å². The second kappa shape index (κ2) is 8.37. The van der Waals surface area contributed by atoms with Gasteiger partial charge in [0.25, 0.3) is 0 Å². The smallest absolute Gasteiger partial charge is 0.237 e. The van der Waals surface area contributed by atoms with E-state index < -0.39 is 11.6 Å². The first-order valence-electron chi connectivity index (χ1n) is 9.98. The van der Waals surface area contributed by atoms with Crippen molar-refractivity contribution < 1.29 is 18.3 Å². The van der Waals surface area contributed by atoms with E-state index in [1.165, 1.54) is 12.1 Å². The number of carbonyl (C=O) groups is 1. The quantitative estimate of drug-likeness (QED) is 0.855. The minimum atomic E-state index is -0.577. The molecule has 2 atom stereocenters. The SMILES string of the molecule is C[C@H](C(=O)N[C@H]1CCOc2ccccc21)N1CCN(c2cc(F)cc(F)c2)CC1. The number of anilines is 1. The highest BCUT2D eigenvalue weighted by molar-refractivity contribution is 5.82. The number of nitrogens with one attached hydrogen (secondary N) is 1. The van der Waals surface area contributed by atoms with Gasteiger partial charge in [-0.2, -0.15) is 0 Å². The average Bonchev–Trinajstić information content (AvgIpc) is 2.73. The summed E-state index contributed by atoms with van der Waals surface area (Å²) in [5.41, 5.74) is 1.55. The Labute approximate surface area is 169 Å². The van der Waals surface area contributed by atoms with Crippen LogP contribution in [0.25, 0.3) is 0 Å². The average molecular weight is 401 g/mol. The lowest BCUT2D eigenvalue weighted by Crippen LogP contribution is -2.54. The molecule has 7 heteroatoms. The van der Waals surface area contributed by atoms with Gasteiger partial charge in [0.2, 0.25) is 5.91 Å². The Morgan fingerprint density at radius 1 is 1.10 bits per heavy atom. The minimum Gasteiger partial charge on any atom is -0.493 e. The van der Waals surface area contributed by atoms with Crippen molar-refractivity contribution >= 4 is 11.6 Å². The number of nitrogens with zero attached hydrogens (tertiary/aromatic N) is 2. The highest BCUT2D eigenvalue weighted by Gasteiger charge is 2.29. The number of hydrogen-bond acceptors (Lipinski definition) is 4. The number of piperazine rings is 1. The first-order valence-corrected chi connectivity index (χ1v) is 9.98. The summed E-state index contributed by atoms with van der Waals surface area (Å²) in [4.78, 5) is 16.9. The number of carbonyl (C=O) groups excluding carboxylic acids is 1. The van der Waals surface area contributed by atoms with Crippen LogP contribution in [-0.4, -0.2) is 49.6 Å². The molecule has 0 spiro atoms. The van der Waals surface area contributed by atoms with Crippen molar-refractivity contribution in [3.63, 3.8) is 0 Å². The Morgan fingerprint density at radius 2 is 1.79 bits per heavy atom. The van der Waals surface area contributed by atoms with Gasteiger partial charge in [-0.05, 0) is 25.1 Å². The molecule has 29 heavy (non-hydrogen) atoms. The van der Waals surface area contributed by atoms with Crippen molar-refractivity contribution in [3.8, 4) is 5.75 Å². The summed E-state index contributed by atoms with van der Waals surface area (Å²) < 4.78 is 32.6. The Morgan fingerprint density at radius 3 is 2.52 bits per heavy atom. The van der Waals surface area contributed by atoms with Crippen LogP contribution in [0.5, 0.6) is 5.75 Å². The predicted octanol–water partition coefficient (Wildman–Crippen LogP) is 3.12. The summed E-state index contributed by atoms with van der Waals surface area (Å²) in [6, 6.07) is 11.0. The van der Waals surface area contributed by atoms with Crippen LogP contribution in [0.2, 0.25) is 0 Å². The summed E-state index contributed by atoms with van der Waals surface area (Å²) in [7, 11) is 0. The standard InChI is InChI=1S/C22H25F2N3O2/c1-15(22(28)25-20-6-11-29-21-5-3-2-4-19(20)21)26-7-9-27(10-8-26)18-13-16(23)12-17(24)14-18/h2-5,12-15,20H,6-11H2,1H3,(H,25,28)/t15-,20+/m1/s1. The van der Waals surface area contributed by atoms with Crippen molar-refractivity contribution in [2.45, 2.75) is 25.4 Å². The molecule has 0 bridgehead atoms. The van der Waals surface area contributed by atoms with Crippen LogP contribution >= 0.6 is 0 Å². The molecule has 1 fully saturated rings. The van der Waals surface area contributed by atoms with E-state index in [9.17, 15) is 13.6 Å². The summed E-state index contributed by atoms with van der Waals surface area (Å²) in [5.74, 6) is -0.344. The number of hydrogen-bond donors (Lipinski definition) is 1. The van der Waals surface area contributed by atoms with E-state index in [1.807, 2.05) is 36.1 Å². The molecule has 2 aliphatic rings. The van der Waals surface area contributed by atoms with E-state index in [-0.39, 0.29) is 18.0 Å². The fraction of sp³-hybridized carbons (Fsp3) is 0.409. The van der Waals surface area contributed by atoms with E-state index in [1.54, 1.807) is 0 Å². The zero-order valence-corrected chi connectivity index (χ0v) is 16.4. The number of halogens is 2. The number of fused-ring (bicyclic) bond motifs is 1. The third-order valence-corrected chi connectivity index (χ3v) is 5.73. The van der Waals surface area contributed by atoms with Crippen LogP contribution in [0.1, 0.15) is 24.9 Å².